The zero-order valence-corrected chi connectivity index (χ0v) is 10.0. The highest BCUT2D eigenvalue weighted by Crippen LogP contribution is 2.18. The molecule has 1 atom stereocenters. The summed E-state index contributed by atoms with van der Waals surface area (Å²) in [5.74, 6) is -0.495. The van der Waals surface area contributed by atoms with Crippen LogP contribution >= 0.6 is 0 Å². The number of ether oxygens (including phenoxy) is 2. The summed E-state index contributed by atoms with van der Waals surface area (Å²) < 4.78 is 24.3. The zero-order valence-electron chi connectivity index (χ0n) is 10.0. The van der Waals surface area contributed by atoms with Crippen molar-refractivity contribution in [3.8, 4) is 5.75 Å². The van der Waals surface area contributed by atoms with Crippen LogP contribution in [0.15, 0.2) is 18.2 Å². The van der Waals surface area contributed by atoms with Gasteiger partial charge in [-0.05, 0) is 36.9 Å². The molecular formula is C12H16BFO4. The molecule has 98 valence electrons. The van der Waals surface area contributed by atoms with Crippen LogP contribution in [0.4, 0.5) is 4.39 Å². The second-order valence-electron chi connectivity index (χ2n) is 4.36. The summed E-state index contributed by atoms with van der Waals surface area (Å²) >= 11 is 0. The van der Waals surface area contributed by atoms with Gasteiger partial charge in [-0.2, -0.15) is 0 Å². The van der Waals surface area contributed by atoms with Gasteiger partial charge < -0.3 is 19.5 Å². The van der Waals surface area contributed by atoms with Crippen molar-refractivity contribution in [3.63, 3.8) is 0 Å². The summed E-state index contributed by atoms with van der Waals surface area (Å²) in [6, 6.07) is 3.76. The molecule has 1 aromatic rings. The molecule has 18 heavy (non-hydrogen) atoms. The van der Waals surface area contributed by atoms with Crippen LogP contribution in [-0.2, 0) is 4.74 Å². The monoisotopic (exact) mass is 254 g/mol. The lowest BCUT2D eigenvalue weighted by atomic mass is 9.80. The summed E-state index contributed by atoms with van der Waals surface area (Å²) in [7, 11) is -1.63. The van der Waals surface area contributed by atoms with E-state index < -0.39 is 12.9 Å². The van der Waals surface area contributed by atoms with Gasteiger partial charge in [0.15, 0.2) is 11.6 Å². The first kappa shape index (κ1) is 13.3. The van der Waals surface area contributed by atoms with E-state index in [2.05, 4.69) is 0 Å². The van der Waals surface area contributed by atoms with Gasteiger partial charge >= 0.3 is 7.12 Å². The van der Waals surface area contributed by atoms with Crippen molar-refractivity contribution in [1.82, 2.24) is 0 Å². The molecule has 1 heterocycles. The van der Waals surface area contributed by atoms with E-state index in [0.717, 1.165) is 25.3 Å². The van der Waals surface area contributed by atoms with Crippen molar-refractivity contribution >= 4 is 12.6 Å². The number of hydrogen-bond donors (Lipinski definition) is 2. The van der Waals surface area contributed by atoms with Crippen LogP contribution in [0.25, 0.3) is 0 Å². The van der Waals surface area contributed by atoms with E-state index in [0.29, 0.717) is 6.61 Å². The lowest BCUT2D eigenvalue weighted by molar-refractivity contribution is -0.0117. The summed E-state index contributed by atoms with van der Waals surface area (Å²) in [5.41, 5.74) is 0.205. The number of rotatable bonds is 4. The lowest BCUT2D eigenvalue weighted by Gasteiger charge is -2.22. The summed E-state index contributed by atoms with van der Waals surface area (Å²) in [6.07, 6.45) is 3.04. The summed E-state index contributed by atoms with van der Waals surface area (Å²) in [6.45, 7) is 0.994. The van der Waals surface area contributed by atoms with Crippen molar-refractivity contribution in [1.29, 1.82) is 0 Å². The molecule has 0 aliphatic carbocycles. The van der Waals surface area contributed by atoms with Crippen LogP contribution < -0.4 is 10.2 Å². The van der Waals surface area contributed by atoms with E-state index >= 15 is 0 Å². The fraction of sp³-hybridized carbons (Fsp3) is 0.500. The average Bonchev–Trinajstić information content (AvgIpc) is 2.38. The fourth-order valence-corrected chi connectivity index (χ4v) is 1.91. The Morgan fingerprint density at radius 2 is 2.22 bits per heavy atom. The molecule has 1 saturated heterocycles. The smallest absolute Gasteiger partial charge is 0.488 e. The second kappa shape index (κ2) is 6.18. The van der Waals surface area contributed by atoms with Gasteiger partial charge in [-0.1, -0.05) is 6.07 Å². The van der Waals surface area contributed by atoms with E-state index in [1.807, 2.05) is 0 Å². The molecule has 1 aliphatic heterocycles. The summed E-state index contributed by atoms with van der Waals surface area (Å²) in [5, 5.41) is 18.0. The Morgan fingerprint density at radius 3 is 2.89 bits per heavy atom. The van der Waals surface area contributed by atoms with Crippen molar-refractivity contribution in [2.24, 2.45) is 0 Å². The fourth-order valence-electron chi connectivity index (χ4n) is 1.91. The Kier molecular flexibility index (Phi) is 4.57. The van der Waals surface area contributed by atoms with E-state index in [1.54, 1.807) is 0 Å². The Balaban J connectivity index is 1.97. The lowest BCUT2D eigenvalue weighted by Crippen LogP contribution is -2.30. The standard InChI is InChI=1S/C12H16BFO4/c14-11-5-4-9(13(15)16)7-12(11)18-8-10-3-1-2-6-17-10/h4-5,7,10,15-16H,1-3,6,8H2. The van der Waals surface area contributed by atoms with Crippen LogP contribution in [0.5, 0.6) is 5.75 Å². The van der Waals surface area contributed by atoms with E-state index in [4.69, 9.17) is 19.5 Å². The molecule has 2 N–H and O–H groups in total. The number of halogens is 1. The molecule has 1 unspecified atom stereocenters. The SMILES string of the molecule is OB(O)c1ccc(F)c(OCC2CCCCO2)c1. The Morgan fingerprint density at radius 1 is 1.39 bits per heavy atom. The van der Waals surface area contributed by atoms with Gasteiger partial charge in [-0.15, -0.1) is 0 Å². The van der Waals surface area contributed by atoms with Crippen molar-refractivity contribution in [2.75, 3.05) is 13.2 Å². The summed E-state index contributed by atoms with van der Waals surface area (Å²) in [4.78, 5) is 0. The van der Waals surface area contributed by atoms with Crippen molar-refractivity contribution in [2.45, 2.75) is 25.4 Å². The maximum absolute atomic E-state index is 13.5. The minimum absolute atomic E-state index is 0.0131. The first-order valence-electron chi connectivity index (χ1n) is 6.07. The predicted octanol–water partition coefficient (Wildman–Crippen LogP) is 0.453. The maximum Gasteiger partial charge on any atom is 0.488 e. The van der Waals surface area contributed by atoms with Gasteiger partial charge in [0.2, 0.25) is 0 Å². The van der Waals surface area contributed by atoms with Crippen LogP contribution in [0.3, 0.4) is 0 Å². The van der Waals surface area contributed by atoms with Crippen LogP contribution in [0.2, 0.25) is 0 Å². The van der Waals surface area contributed by atoms with Gasteiger partial charge in [-0.25, -0.2) is 4.39 Å². The van der Waals surface area contributed by atoms with Gasteiger partial charge in [0.1, 0.15) is 6.61 Å². The topological polar surface area (TPSA) is 58.9 Å². The first-order chi connectivity index (χ1) is 8.66. The molecule has 0 spiro atoms. The number of benzene rings is 1. The highest BCUT2D eigenvalue weighted by Gasteiger charge is 2.17. The third kappa shape index (κ3) is 3.44. The van der Waals surface area contributed by atoms with Crippen LogP contribution in [0.1, 0.15) is 19.3 Å². The Hall–Kier alpha value is -1.11. The molecule has 0 amide bonds. The molecule has 0 saturated carbocycles. The highest BCUT2D eigenvalue weighted by molar-refractivity contribution is 6.58. The predicted molar refractivity (Wildman–Crippen MR) is 65.3 cm³/mol. The molecule has 4 nitrogen and oxygen atoms in total. The first-order valence-corrected chi connectivity index (χ1v) is 6.07. The third-order valence-corrected chi connectivity index (χ3v) is 2.95. The minimum Gasteiger partial charge on any atom is -0.488 e. The molecule has 2 rings (SSSR count). The molecule has 0 aromatic heterocycles. The van der Waals surface area contributed by atoms with Gasteiger partial charge in [0.05, 0.1) is 6.10 Å². The molecule has 1 fully saturated rings. The van der Waals surface area contributed by atoms with Crippen LogP contribution in [-0.4, -0.2) is 36.5 Å². The molecule has 1 aromatic carbocycles. The maximum atomic E-state index is 13.5. The van der Waals surface area contributed by atoms with E-state index in [9.17, 15) is 4.39 Å². The van der Waals surface area contributed by atoms with E-state index in [-0.39, 0.29) is 23.9 Å². The van der Waals surface area contributed by atoms with Gasteiger partial charge in [-0.3, -0.25) is 0 Å². The van der Waals surface area contributed by atoms with Crippen molar-refractivity contribution < 1.29 is 23.9 Å². The normalized spacial score (nSPS) is 19.6. The van der Waals surface area contributed by atoms with Gasteiger partial charge in [0.25, 0.3) is 0 Å². The Bertz CT molecular complexity index is 394. The number of hydrogen-bond acceptors (Lipinski definition) is 4. The molecule has 0 bridgehead atoms. The molecular weight excluding hydrogens is 238 g/mol. The minimum atomic E-state index is -1.63. The molecule has 1 aliphatic rings. The average molecular weight is 254 g/mol. The molecule has 0 radical (unpaired) electrons. The van der Waals surface area contributed by atoms with Gasteiger partial charge in [0, 0.05) is 6.61 Å². The van der Waals surface area contributed by atoms with E-state index in [1.165, 1.54) is 12.1 Å². The van der Waals surface area contributed by atoms with Crippen LogP contribution in [0, 0.1) is 5.82 Å². The second-order valence-corrected chi connectivity index (χ2v) is 4.36. The highest BCUT2D eigenvalue weighted by atomic mass is 19.1. The Labute approximate surface area is 105 Å². The zero-order chi connectivity index (χ0) is 13.0. The largest absolute Gasteiger partial charge is 0.488 e. The van der Waals surface area contributed by atoms with Crippen molar-refractivity contribution in [3.05, 3.63) is 24.0 Å². The third-order valence-electron chi connectivity index (χ3n) is 2.95. The molecule has 6 heteroatoms. The quantitative estimate of drug-likeness (QED) is 0.766.